The van der Waals surface area contributed by atoms with E-state index in [4.69, 9.17) is 10.5 Å². The molecule has 0 fully saturated rings. The molecule has 0 spiro atoms. The molecule has 0 aliphatic rings. The monoisotopic (exact) mass is 275 g/mol. The number of thiophene rings is 1. The Morgan fingerprint density at radius 3 is 2.53 bits per heavy atom. The van der Waals surface area contributed by atoms with Crippen LogP contribution >= 0.6 is 11.3 Å². The molecule has 0 unspecified atom stereocenters. The molecule has 19 heavy (non-hydrogen) atoms. The van der Waals surface area contributed by atoms with Crippen LogP contribution in [0.15, 0.2) is 18.2 Å². The van der Waals surface area contributed by atoms with Crippen molar-refractivity contribution < 1.29 is 9.53 Å². The van der Waals surface area contributed by atoms with Crippen LogP contribution in [0, 0.1) is 20.8 Å². The highest BCUT2D eigenvalue weighted by atomic mass is 32.1. The van der Waals surface area contributed by atoms with Gasteiger partial charge in [0.15, 0.2) is 0 Å². The number of hydrogen-bond donors (Lipinski definition) is 1. The Balaban J connectivity index is 2.64. The van der Waals surface area contributed by atoms with Crippen LogP contribution in [0.3, 0.4) is 0 Å². The molecule has 0 aliphatic heterocycles. The minimum absolute atomic E-state index is 0.373. The summed E-state index contributed by atoms with van der Waals surface area (Å²) in [7, 11) is 1.37. The fraction of sp³-hybridized carbons (Fsp3) is 0.267. The number of nitrogen functional groups attached to an aromatic ring is 1. The molecule has 1 aromatic heterocycles. The molecule has 1 heterocycles. The summed E-state index contributed by atoms with van der Waals surface area (Å²) in [5.41, 5.74) is 11.0. The first kappa shape index (κ1) is 13.6. The Morgan fingerprint density at radius 2 is 1.89 bits per heavy atom. The molecule has 4 heteroatoms. The van der Waals surface area contributed by atoms with Gasteiger partial charge >= 0.3 is 5.97 Å². The van der Waals surface area contributed by atoms with Crippen molar-refractivity contribution in [3.8, 4) is 10.4 Å². The third kappa shape index (κ3) is 2.24. The Hall–Kier alpha value is -1.81. The van der Waals surface area contributed by atoms with E-state index in [2.05, 4.69) is 26.0 Å². The molecule has 3 nitrogen and oxygen atoms in total. The van der Waals surface area contributed by atoms with E-state index in [0.717, 1.165) is 16.0 Å². The van der Waals surface area contributed by atoms with Crippen molar-refractivity contribution in [2.24, 2.45) is 0 Å². The van der Waals surface area contributed by atoms with Gasteiger partial charge in [0.1, 0.15) is 4.88 Å². The quantitative estimate of drug-likeness (QED) is 0.850. The van der Waals surface area contributed by atoms with Crippen LogP contribution < -0.4 is 5.73 Å². The van der Waals surface area contributed by atoms with E-state index in [9.17, 15) is 4.79 Å². The van der Waals surface area contributed by atoms with Gasteiger partial charge < -0.3 is 10.5 Å². The van der Waals surface area contributed by atoms with E-state index in [-0.39, 0.29) is 5.97 Å². The molecule has 2 aromatic rings. The van der Waals surface area contributed by atoms with Crippen LogP contribution in [0.1, 0.15) is 26.4 Å². The van der Waals surface area contributed by atoms with E-state index in [1.165, 1.54) is 29.6 Å². The molecule has 0 saturated heterocycles. The number of rotatable bonds is 2. The minimum Gasteiger partial charge on any atom is -0.465 e. The van der Waals surface area contributed by atoms with Gasteiger partial charge in [0.2, 0.25) is 0 Å². The van der Waals surface area contributed by atoms with E-state index in [1.807, 2.05) is 13.0 Å². The molecule has 2 N–H and O–H groups in total. The highest BCUT2D eigenvalue weighted by Crippen LogP contribution is 2.40. The Labute approximate surface area is 117 Å². The third-order valence-electron chi connectivity index (χ3n) is 3.41. The maximum atomic E-state index is 11.7. The van der Waals surface area contributed by atoms with Crippen molar-refractivity contribution in [3.05, 3.63) is 39.8 Å². The van der Waals surface area contributed by atoms with Gasteiger partial charge in [-0.15, -0.1) is 11.3 Å². The fourth-order valence-corrected chi connectivity index (χ4v) is 3.25. The standard InChI is InChI=1S/C15H17NO2S/c1-8-6-5-7-11(9(8)2)13-10(3)12(16)14(19-13)15(17)18-4/h5-7H,16H2,1-4H3. The van der Waals surface area contributed by atoms with Crippen molar-refractivity contribution in [3.63, 3.8) is 0 Å². The summed E-state index contributed by atoms with van der Waals surface area (Å²) in [6, 6.07) is 6.15. The first-order chi connectivity index (χ1) is 8.97. The molecular weight excluding hydrogens is 258 g/mol. The Kier molecular flexibility index (Phi) is 3.62. The lowest BCUT2D eigenvalue weighted by Crippen LogP contribution is -2.01. The number of hydrogen-bond acceptors (Lipinski definition) is 4. The summed E-state index contributed by atoms with van der Waals surface area (Å²) in [4.78, 5) is 13.2. The highest BCUT2D eigenvalue weighted by molar-refractivity contribution is 7.18. The lowest BCUT2D eigenvalue weighted by Gasteiger charge is -2.07. The number of carbonyl (C=O) groups is 1. The zero-order valence-corrected chi connectivity index (χ0v) is 12.4. The van der Waals surface area contributed by atoms with Gasteiger partial charge in [-0.2, -0.15) is 0 Å². The first-order valence-corrected chi connectivity index (χ1v) is 6.82. The maximum absolute atomic E-state index is 11.7. The predicted molar refractivity (Wildman–Crippen MR) is 79.7 cm³/mol. The van der Waals surface area contributed by atoms with Gasteiger partial charge in [-0.1, -0.05) is 18.2 Å². The van der Waals surface area contributed by atoms with E-state index >= 15 is 0 Å². The number of anilines is 1. The second kappa shape index (κ2) is 5.05. The van der Waals surface area contributed by atoms with Crippen LogP contribution in [0.2, 0.25) is 0 Å². The highest BCUT2D eigenvalue weighted by Gasteiger charge is 2.20. The Bertz CT molecular complexity index is 644. The van der Waals surface area contributed by atoms with Gasteiger partial charge in [0.05, 0.1) is 12.8 Å². The average Bonchev–Trinajstić information content (AvgIpc) is 2.69. The molecule has 0 atom stereocenters. The van der Waals surface area contributed by atoms with Crippen molar-refractivity contribution >= 4 is 23.0 Å². The van der Waals surface area contributed by atoms with Crippen LogP contribution in [-0.2, 0) is 4.74 Å². The van der Waals surface area contributed by atoms with Crippen molar-refractivity contribution in [2.75, 3.05) is 12.8 Å². The summed E-state index contributed by atoms with van der Waals surface area (Å²) in [5.74, 6) is -0.373. The number of carbonyl (C=O) groups excluding carboxylic acids is 1. The second-order valence-corrected chi connectivity index (χ2v) is 5.56. The van der Waals surface area contributed by atoms with E-state index in [0.29, 0.717) is 10.6 Å². The Morgan fingerprint density at radius 1 is 1.21 bits per heavy atom. The van der Waals surface area contributed by atoms with Gasteiger partial charge in [0.25, 0.3) is 0 Å². The third-order valence-corrected chi connectivity index (χ3v) is 4.73. The van der Waals surface area contributed by atoms with Gasteiger partial charge in [0, 0.05) is 4.88 Å². The number of aryl methyl sites for hydroxylation is 1. The first-order valence-electron chi connectivity index (χ1n) is 6.01. The molecule has 0 saturated carbocycles. The van der Waals surface area contributed by atoms with Crippen LogP contribution in [0.4, 0.5) is 5.69 Å². The van der Waals surface area contributed by atoms with Crippen molar-refractivity contribution in [1.82, 2.24) is 0 Å². The van der Waals surface area contributed by atoms with Crippen molar-refractivity contribution in [2.45, 2.75) is 20.8 Å². The van der Waals surface area contributed by atoms with Crippen LogP contribution in [-0.4, -0.2) is 13.1 Å². The predicted octanol–water partition coefficient (Wildman–Crippen LogP) is 3.71. The van der Waals surface area contributed by atoms with E-state index in [1.54, 1.807) is 0 Å². The summed E-state index contributed by atoms with van der Waals surface area (Å²) in [5, 5.41) is 0. The summed E-state index contributed by atoms with van der Waals surface area (Å²) >= 11 is 1.40. The fourth-order valence-electron chi connectivity index (χ4n) is 2.02. The second-order valence-electron chi connectivity index (χ2n) is 4.54. The SMILES string of the molecule is COC(=O)c1sc(-c2cccc(C)c2C)c(C)c1N. The van der Waals surface area contributed by atoms with Gasteiger partial charge in [-0.05, 0) is 43.0 Å². The van der Waals surface area contributed by atoms with Crippen LogP contribution in [0.25, 0.3) is 10.4 Å². The lowest BCUT2D eigenvalue weighted by atomic mass is 10.00. The molecule has 0 radical (unpaired) electrons. The molecule has 0 aliphatic carbocycles. The van der Waals surface area contributed by atoms with Crippen LogP contribution in [0.5, 0.6) is 0 Å². The average molecular weight is 275 g/mol. The molecule has 0 bridgehead atoms. The number of nitrogens with two attached hydrogens (primary N) is 1. The molecule has 0 amide bonds. The molecule has 1 aromatic carbocycles. The summed E-state index contributed by atoms with van der Waals surface area (Å²) in [6.45, 7) is 6.10. The normalized spacial score (nSPS) is 10.5. The lowest BCUT2D eigenvalue weighted by molar-refractivity contribution is 0.0607. The molecule has 2 rings (SSSR count). The summed E-state index contributed by atoms with van der Waals surface area (Å²) < 4.78 is 4.77. The summed E-state index contributed by atoms with van der Waals surface area (Å²) in [6.07, 6.45) is 0. The maximum Gasteiger partial charge on any atom is 0.350 e. The number of methoxy groups -OCH3 is 1. The van der Waals surface area contributed by atoms with Gasteiger partial charge in [-0.25, -0.2) is 4.79 Å². The number of benzene rings is 1. The van der Waals surface area contributed by atoms with Crippen molar-refractivity contribution in [1.29, 1.82) is 0 Å². The smallest absolute Gasteiger partial charge is 0.350 e. The molecular formula is C15H17NO2S. The minimum atomic E-state index is -0.373. The van der Waals surface area contributed by atoms with Gasteiger partial charge in [-0.3, -0.25) is 0 Å². The largest absolute Gasteiger partial charge is 0.465 e. The zero-order valence-electron chi connectivity index (χ0n) is 11.5. The number of ether oxygens (including phenoxy) is 1. The zero-order chi connectivity index (χ0) is 14.2. The topological polar surface area (TPSA) is 52.3 Å². The van der Waals surface area contributed by atoms with E-state index < -0.39 is 0 Å². The molecule has 100 valence electrons. The number of esters is 1.